The van der Waals surface area contributed by atoms with Crippen LogP contribution in [0.3, 0.4) is 0 Å². The van der Waals surface area contributed by atoms with Crippen LogP contribution < -0.4 is 5.32 Å². The van der Waals surface area contributed by atoms with Crippen molar-refractivity contribution in [2.45, 2.75) is 38.6 Å². The van der Waals surface area contributed by atoms with Crippen molar-refractivity contribution in [1.82, 2.24) is 5.32 Å². The third-order valence-corrected chi connectivity index (χ3v) is 3.36. The number of carbonyl (C=O) groups excluding carboxylic acids is 1. The molecule has 0 aliphatic heterocycles. The Morgan fingerprint density at radius 1 is 1.44 bits per heavy atom. The Morgan fingerprint density at radius 3 is 2.75 bits per heavy atom. The maximum Gasteiger partial charge on any atom is 0.223 e. The third-order valence-electron chi connectivity index (χ3n) is 3.36. The van der Waals surface area contributed by atoms with Gasteiger partial charge >= 0.3 is 0 Å². The molecule has 1 aromatic rings. The zero-order valence-electron chi connectivity index (χ0n) is 9.94. The lowest BCUT2D eigenvalue weighted by atomic mass is 10.1. The molecule has 1 aliphatic rings. The summed E-state index contributed by atoms with van der Waals surface area (Å²) in [6, 6.07) is 10.6. The van der Waals surface area contributed by atoms with Crippen LogP contribution in [0.5, 0.6) is 0 Å². The van der Waals surface area contributed by atoms with E-state index in [0.717, 1.165) is 12.8 Å². The molecule has 86 valence electrons. The highest BCUT2D eigenvalue weighted by Gasteiger charge is 2.43. The van der Waals surface area contributed by atoms with Crippen molar-refractivity contribution in [3.05, 3.63) is 35.9 Å². The summed E-state index contributed by atoms with van der Waals surface area (Å²) in [5.41, 5.74) is 1.30. The van der Waals surface area contributed by atoms with Crippen LogP contribution in [-0.4, -0.2) is 11.9 Å². The van der Waals surface area contributed by atoms with Crippen LogP contribution >= 0.6 is 0 Å². The van der Waals surface area contributed by atoms with Gasteiger partial charge in [-0.25, -0.2) is 0 Å². The van der Waals surface area contributed by atoms with Crippen molar-refractivity contribution < 1.29 is 4.79 Å². The summed E-state index contributed by atoms with van der Waals surface area (Å²) in [6.07, 6.45) is 2.00. The van der Waals surface area contributed by atoms with E-state index in [2.05, 4.69) is 31.3 Å². The lowest BCUT2D eigenvalue weighted by Crippen LogP contribution is -2.33. The highest BCUT2D eigenvalue weighted by molar-refractivity contribution is 5.83. The van der Waals surface area contributed by atoms with Crippen molar-refractivity contribution in [3.63, 3.8) is 0 Å². The molecule has 1 saturated carbocycles. The molecule has 3 atom stereocenters. The van der Waals surface area contributed by atoms with E-state index < -0.39 is 0 Å². The summed E-state index contributed by atoms with van der Waals surface area (Å²) < 4.78 is 0. The Balaban J connectivity index is 1.89. The Bertz CT molecular complexity index is 360. The summed E-state index contributed by atoms with van der Waals surface area (Å²) in [4.78, 5) is 11.8. The van der Waals surface area contributed by atoms with E-state index in [4.69, 9.17) is 0 Å². The number of amides is 1. The summed E-state index contributed by atoms with van der Waals surface area (Å²) in [5.74, 6) is 0.879. The number of hydrogen-bond donors (Lipinski definition) is 1. The van der Waals surface area contributed by atoms with Gasteiger partial charge in [-0.3, -0.25) is 4.79 Å². The molecular formula is C14H19NO. The number of nitrogens with one attached hydrogen (secondary N) is 1. The molecule has 1 amide bonds. The second kappa shape index (κ2) is 4.69. The van der Waals surface area contributed by atoms with Crippen molar-refractivity contribution in [1.29, 1.82) is 0 Å². The fraction of sp³-hybridized carbons (Fsp3) is 0.500. The van der Waals surface area contributed by atoms with Gasteiger partial charge in [0, 0.05) is 12.0 Å². The Kier molecular flexibility index (Phi) is 3.28. The molecule has 0 saturated heterocycles. The van der Waals surface area contributed by atoms with Gasteiger partial charge in [-0.1, -0.05) is 37.3 Å². The number of carbonyl (C=O) groups is 1. The first-order chi connectivity index (χ1) is 7.72. The van der Waals surface area contributed by atoms with Crippen LogP contribution in [0.15, 0.2) is 30.3 Å². The molecule has 16 heavy (non-hydrogen) atoms. The van der Waals surface area contributed by atoms with Crippen molar-refractivity contribution >= 4 is 5.91 Å². The fourth-order valence-electron chi connectivity index (χ4n) is 2.01. The first-order valence-corrected chi connectivity index (χ1v) is 6.07. The summed E-state index contributed by atoms with van der Waals surface area (Å²) in [6.45, 7) is 4.14. The minimum Gasteiger partial charge on any atom is -0.353 e. The monoisotopic (exact) mass is 217 g/mol. The van der Waals surface area contributed by atoms with Crippen molar-refractivity contribution in [2.24, 2.45) is 5.92 Å². The van der Waals surface area contributed by atoms with E-state index in [1.54, 1.807) is 0 Å². The molecule has 1 aliphatic carbocycles. The normalized spacial score (nSPS) is 24.9. The van der Waals surface area contributed by atoms with E-state index in [0.29, 0.717) is 12.0 Å². The molecule has 2 rings (SSSR count). The van der Waals surface area contributed by atoms with Crippen LogP contribution in [0.25, 0.3) is 0 Å². The van der Waals surface area contributed by atoms with Crippen molar-refractivity contribution in [2.75, 3.05) is 0 Å². The van der Waals surface area contributed by atoms with Gasteiger partial charge in [-0.05, 0) is 31.2 Å². The molecule has 0 aromatic heterocycles. The predicted molar refractivity (Wildman–Crippen MR) is 65.2 cm³/mol. The van der Waals surface area contributed by atoms with Crippen molar-refractivity contribution in [3.8, 4) is 0 Å². The topological polar surface area (TPSA) is 29.1 Å². The Labute approximate surface area is 97.1 Å². The lowest BCUT2D eigenvalue weighted by Gasteiger charge is -2.10. The number of benzene rings is 1. The minimum absolute atomic E-state index is 0.205. The number of rotatable bonds is 4. The van der Waals surface area contributed by atoms with Gasteiger partial charge in [0.1, 0.15) is 0 Å². The average molecular weight is 217 g/mol. The first-order valence-electron chi connectivity index (χ1n) is 6.07. The fourth-order valence-corrected chi connectivity index (χ4v) is 2.01. The van der Waals surface area contributed by atoms with E-state index in [1.165, 1.54) is 5.56 Å². The third kappa shape index (κ3) is 2.43. The van der Waals surface area contributed by atoms with Gasteiger partial charge in [-0.2, -0.15) is 0 Å². The molecule has 2 heteroatoms. The maximum absolute atomic E-state index is 11.8. The van der Waals surface area contributed by atoms with E-state index in [9.17, 15) is 4.79 Å². The standard InChI is InChI=1S/C14H19NO/c1-3-10(2)15-14(16)13-9-12(13)11-7-5-4-6-8-11/h4-8,10,12-13H,3,9H2,1-2H3,(H,15,16)/t10-,12-,13-/m0/s1. The summed E-state index contributed by atoms with van der Waals surface area (Å²) in [5, 5.41) is 3.05. The maximum atomic E-state index is 11.8. The highest BCUT2D eigenvalue weighted by atomic mass is 16.2. The molecule has 1 aromatic carbocycles. The lowest BCUT2D eigenvalue weighted by molar-refractivity contribution is -0.123. The van der Waals surface area contributed by atoms with E-state index in [-0.39, 0.29) is 11.8 Å². The van der Waals surface area contributed by atoms with Gasteiger partial charge in [0.2, 0.25) is 5.91 Å². The zero-order chi connectivity index (χ0) is 11.5. The molecule has 0 spiro atoms. The summed E-state index contributed by atoms with van der Waals surface area (Å²) >= 11 is 0. The molecule has 2 nitrogen and oxygen atoms in total. The molecule has 0 bridgehead atoms. The largest absolute Gasteiger partial charge is 0.353 e. The van der Waals surface area contributed by atoms with Crippen LogP contribution in [0.2, 0.25) is 0 Å². The van der Waals surface area contributed by atoms with Gasteiger partial charge in [-0.15, -0.1) is 0 Å². The molecule has 0 radical (unpaired) electrons. The zero-order valence-corrected chi connectivity index (χ0v) is 9.94. The van der Waals surface area contributed by atoms with E-state index >= 15 is 0 Å². The van der Waals surface area contributed by atoms with Gasteiger partial charge in [0.05, 0.1) is 0 Å². The SMILES string of the molecule is CC[C@H](C)NC(=O)[C@H]1C[C@H]1c1ccccc1. The Morgan fingerprint density at radius 2 is 2.12 bits per heavy atom. The second-order valence-electron chi connectivity index (χ2n) is 4.68. The molecule has 0 heterocycles. The Hall–Kier alpha value is -1.31. The molecular weight excluding hydrogens is 198 g/mol. The minimum atomic E-state index is 0.205. The van der Waals surface area contributed by atoms with Crippen LogP contribution in [-0.2, 0) is 4.79 Å². The predicted octanol–water partition coefficient (Wildman–Crippen LogP) is 2.70. The molecule has 1 N–H and O–H groups in total. The van der Waals surface area contributed by atoms with Gasteiger partial charge in [0.15, 0.2) is 0 Å². The average Bonchev–Trinajstić information content (AvgIpc) is 3.10. The first kappa shape index (κ1) is 11.2. The van der Waals surface area contributed by atoms with Crippen LogP contribution in [0.4, 0.5) is 0 Å². The number of hydrogen-bond acceptors (Lipinski definition) is 1. The van der Waals surface area contributed by atoms with Gasteiger partial charge < -0.3 is 5.32 Å². The van der Waals surface area contributed by atoms with Crippen LogP contribution in [0.1, 0.15) is 38.2 Å². The smallest absolute Gasteiger partial charge is 0.223 e. The quantitative estimate of drug-likeness (QED) is 0.825. The van der Waals surface area contributed by atoms with Gasteiger partial charge in [0.25, 0.3) is 0 Å². The summed E-state index contributed by atoms with van der Waals surface area (Å²) in [7, 11) is 0. The van der Waals surface area contributed by atoms with Crippen LogP contribution in [0, 0.1) is 5.92 Å². The molecule has 1 fully saturated rings. The second-order valence-corrected chi connectivity index (χ2v) is 4.68. The highest BCUT2D eigenvalue weighted by Crippen LogP contribution is 2.47. The molecule has 0 unspecified atom stereocenters. The van der Waals surface area contributed by atoms with E-state index in [1.807, 2.05) is 18.2 Å².